The van der Waals surface area contributed by atoms with Gasteiger partial charge in [-0.3, -0.25) is 4.79 Å². The van der Waals surface area contributed by atoms with Gasteiger partial charge in [-0.15, -0.1) is 0 Å². The van der Waals surface area contributed by atoms with Crippen LogP contribution in [-0.4, -0.2) is 17.8 Å². The average molecular weight is 364 g/mol. The van der Waals surface area contributed by atoms with Gasteiger partial charge in [0.05, 0.1) is 0 Å². The van der Waals surface area contributed by atoms with Crippen LogP contribution in [0.4, 0.5) is 5.69 Å². The summed E-state index contributed by atoms with van der Waals surface area (Å²) in [5.74, 6) is 1.61. The van der Waals surface area contributed by atoms with Gasteiger partial charge in [-0.05, 0) is 49.2 Å². The van der Waals surface area contributed by atoms with E-state index in [9.17, 15) is 9.90 Å². The molecule has 1 fully saturated rings. The van der Waals surface area contributed by atoms with Crippen LogP contribution >= 0.6 is 0 Å². The molecule has 1 aliphatic carbocycles. The van der Waals surface area contributed by atoms with Crippen LogP contribution in [0.5, 0.6) is 23.0 Å². The third-order valence-corrected chi connectivity index (χ3v) is 4.25. The number of ether oxygens (including phenoxy) is 3. The first kappa shape index (κ1) is 16.8. The van der Waals surface area contributed by atoms with Crippen LogP contribution in [0.15, 0.2) is 53.8 Å². The van der Waals surface area contributed by atoms with Crippen molar-refractivity contribution in [3.63, 3.8) is 0 Å². The van der Waals surface area contributed by atoms with Crippen molar-refractivity contribution >= 4 is 11.6 Å². The monoisotopic (exact) mass is 364 g/mol. The van der Waals surface area contributed by atoms with Gasteiger partial charge in [0.2, 0.25) is 6.79 Å². The zero-order valence-electron chi connectivity index (χ0n) is 14.3. The zero-order valence-corrected chi connectivity index (χ0v) is 14.3. The number of fused-ring (bicyclic) bond motifs is 2. The molecule has 0 aromatic heterocycles. The fourth-order valence-electron chi connectivity index (χ4n) is 2.65. The molecule has 2 aliphatic rings. The molecule has 0 spiro atoms. The highest BCUT2D eigenvalue weighted by Gasteiger charge is 2.30. The normalized spacial score (nSPS) is 15.5. The van der Waals surface area contributed by atoms with Crippen LogP contribution in [0.1, 0.15) is 12.8 Å². The van der Waals surface area contributed by atoms with Crippen molar-refractivity contribution in [1.29, 1.82) is 5.26 Å². The van der Waals surface area contributed by atoms with E-state index in [4.69, 9.17) is 19.5 Å². The molecule has 27 heavy (non-hydrogen) atoms. The second-order valence-electron chi connectivity index (χ2n) is 6.24. The van der Waals surface area contributed by atoms with E-state index in [1.54, 1.807) is 48.5 Å². The number of aliphatic hydroxyl groups is 1. The topological polar surface area (TPSA) is 101 Å². The Kier molecular flexibility index (Phi) is 4.30. The number of hydrogen-bond acceptors (Lipinski definition) is 6. The van der Waals surface area contributed by atoms with E-state index < -0.39 is 5.91 Å². The van der Waals surface area contributed by atoms with Crippen molar-refractivity contribution in [3.05, 3.63) is 53.8 Å². The van der Waals surface area contributed by atoms with Gasteiger partial charge in [-0.2, -0.15) is 5.26 Å². The lowest BCUT2D eigenvalue weighted by molar-refractivity contribution is -0.112. The predicted octanol–water partition coefficient (Wildman–Crippen LogP) is 3.89. The second kappa shape index (κ2) is 6.92. The van der Waals surface area contributed by atoms with Gasteiger partial charge in [0.1, 0.15) is 23.3 Å². The number of nitriles is 1. The molecule has 0 radical (unpaired) electrons. The Labute approximate surface area is 155 Å². The van der Waals surface area contributed by atoms with E-state index in [1.807, 2.05) is 0 Å². The Morgan fingerprint density at radius 3 is 2.67 bits per heavy atom. The Hall–Kier alpha value is -3.66. The molecule has 136 valence electrons. The number of allylic oxidation sites excluding steroid dienone is 1. The minimum atomic E-state index is -0.621. The van der Waals surface area contributed by atoms with Crippen LogP contribution in [0.2, 0.25) is 0 Å². The molecule has 4 rings (SSSR count). The highest BCUT2D eigenvalue weighted by Crippen LogP contribution is 2.38. The highest BCUT2D eigenvalue weighted by atomic mass is 16.7. The summed E-state index contributed by atoms with van der Waals surface area (Å²) in [7, 11) is 0. The number of nitrogens with one attached hydrogen (secondary N) is 1. The SMILES string of the molecule is N#C/C(C(=O)Nc1ccc(Oc2ccc3cc2OCO3)cc1)=C(/O)C1CC1. The van der Waals surface area contributed by atoms with Crippen LogP contribution in [0.3, 0.4) is 0 Å². The summed E-state index contributed by atoms with van der Waals surface area (Å²) in [6.07, 6.45) is 1.60. The Balaban J connectivity index is 1.44. The molecule has 2 aromatic rings. The zero-order chi connectivity index (χ0) is 18.8. The number of aliphatic hydroxyl groups excluding tert-OH is 1. The summed E-state index contributed by atoms with van der Waals surface area (Å²) in [5.41, 5.74) is 0.251. The lowest BCUT2D eigenvalue weighted by Gasteiger charge is -2.18. The molecule has 7 heteroatoms. The number of rotatable bonds is 5. The average Bonchev–Trinajstić information content (AvgIpc) is 3.52. The van der Waals surface area contributed by atoms with Crippen LogP contribution in [-0.2, 0) is 4.79 Å². The van der Waals surface area contributed by atoms with E-state index in [1.165, 1.54) is 0 Å². The molecule has 1 amide bonds. The smallest absolute Gasteiger partial charge is 0.269 e. The first-order valence-corrected chi connectivity index (χ1v) is 8.46. The first-order valence-electron chi connectivity index (χ1n) is 8.46. The van der Waals surface area contributed by atoms with Crippen molar-refractivity contribution < 1.29 is 24.1 Å². The number of anilines is 1. The van der Waals surface area contributed by atoms with Gasteiger partial charge >= 0.3 is 0 Å². The second-order valence-corrected chi connectivity index (χ2v) is 6.24. The molecule has 0 unspecified atom stereocenters. The van der Waals surface area contributed by atoms with Gasteiger partial charge in [0.15, 0.2) is 17.1 Å². The fourth-order valence-corrected chi connectivity index (χ4v) is 2.65. The minimum absolute atomic E-state index is 0.0683. The summed E-state index contributed by atoms with van der Waals surface area (Å²) in [5, 5.41) is 21.7. The first-order chi connectivity index (χ1) is 13.1. The molecular weight excluding hydrogens is 348 g/mol. The van der Waals surface area contributed by atoms with E-state index in [-0.39, 0.29) is 24.0 Å². The number of benzene rings is 2. The van der Waals surface area contributed by atoms with Gasteiger partial charge in [0.25, 0.3) is 5.91 Å². The molecule has 1 aliphatic heterocycles. The number of carbonyl (C=O) groups is 1. The van der Waals surface area contributed by atoms with Crippen LogP contribution in [0, 0.1) is 17.2 Å². The van der Waals surface area contributed by atoms with Gasteiger partial charge in [-0.25, -0.2) is 0 Å². The quantitative estimate of drug-likeness (QED) is 0.474. The Morgan fingerprint density at radius 1 is 1.19 bits per heavy atom. The van der Waals surface area contributed by atoms with Crippen LogP contribution < -0.4 is 19.5 Å². The molecule has 2 N–H and O–H groups in total. The molecule has 2 bridgehead atoms. The largest absolute Gasteiger partial charge is 0.510 e. The third-order valence-electron chi connectivity index (χ3n) is 4.25. The summed E-state index contributed by atoms with van der Waals surface area (Å²) >= 11 is 0. The molecular formula is C20H16N2O5. The van der Waals surface area contributed by atoms with E-state index in [2.05, 4.69) is 5.32 Å². The molecule has 7 nitrogen and oxygen atoms in total. The lowest BCUT2D eigenvalue weighted by atomic mass is 10.1. The Morgan fingerprint density at radius 2 is 1.96 bits per heavy atom. The summed E-state index contributed by atoms with van der Waals surface area (Å²) < 4.78 is 16.4. The maximum atomic E-state index is 12.2. The van der Waals surface area contributed by atoms with E-state index >= 15 is 0 Å². The molecule has 2 aromatic carbocycles. The number of nitrogens with zero attached hydrogens (tertiary/aromatic N) is 1. The standard InChI is InChI=1S/C20H16N2O5/c21-10-16(19(23)12-1-2-12)20(24)22-13-3-5-14(6-4-13)27-17-8-7-15-9-18(17)26-11-25-15/h3-9,12,23H,1-2,11H2,(H,22,24)/b19-16-. The maximum absolute atomic E-state index is 12.2. The molecule has 0 saturated heterocycles. The highest BCUT2D eigenvalue weighted by molar-refractivity contribution is 6.07. The van der Waals surface area contributed by atoms with Gasteiger partial charge < -0.3 is 24.6 Å². The number of amides is 1. The molecule has 1 heterocycles. The summed E-state index contributed by atoms with van der Waals surface area (Å²) in [6.45, 7) is 0.145. The van der Waals surface area contributed by atoms with Gasteiger partial charge in [-0.1, -0.05) is 0 Å². The summed E-state index contributed by atoms with van der Waals surface area (Å²) in [6, 6.07) is 13.7. The number of hydrogen-bond donors (Lipinski definition) is 2. The van der Waals surface area contributed by atoms with Crippen molar-refractivity contribution in [3.8, 4) is 29.1 Å². The van der Waals surface area contributed by atoms with Crippen LogP contribution in [0.25, 0.3) is 0 Å². The minimum Gasteiger partial charge on any atom is -0.510 e. The van der Waals surface area contributed by atoms with E-state index in [0.29, 0.717) is 22.9 Å². The number of carbonyl (C=O) groups excluding carboxylic acids is 1. The lowest BCUT2D eigenvalue weighted by Crippen LogP contribution is -2.15. The fraction of sp³-hybridized carbons (Fsp3) is 0.200. The van der Waals surface area contributed by atoms with Crippen molar-refractivity contribution in [1.82, 2.24) is 0 Å². The molecule has 1 saturated carbocycles. The Bertz CT molecular complexity index is 955. The van der Waals surface area contributed by atoms with Crippen molar-refractivity contribution in [2.24, 2.45) is 5.92 Å². The van der Waals surface area contributed by atoms with E-state index in [0.717, 1.165) is 18.6 Å². The van der Waals surface area contributed by atoms with Crippen molar-refractivity contribution in [2.45, 2.75) is 12.8 Å². The predicted molar refractivity (Wildman–Crippen MR) is 95.7 cm³/mol. The summed E-state index contributed by atoms with van der Waals surface area (Å²) in [4.78, 5) is 12.2. The molecule has 0 atom stereocenters. The maximum Gasteiger partial charge on any atom is 0.269 e. The van der Waals surface area contributed by atoms with Gasteiger partial charge in [0, 0.05) is 17.7 Å². The van der Waals surface area contributed by atoms with Crippen molar-refractivity contribution in [2.75, 3.05) is 12.1 Å². The third kappa shape index (κ3) is 3.65.